The highest BCUT2D eigenvalue weighted by atomic mass is 31.2. The van der Waals surface area contributed by atoms with Crippen LogP contribution in [0.2, 0.25) is 0 Å². The van der Waals surface area contributed by atoms with Crippen molar-refractivity contribution in [2.75, 3.05) is 39.6 Å². The summed E-state index contributed by atoms with van der Waals surface area (Å²) in [6.07, 6.45) is 40.4. The van der Waals surface area contributed by atoms with Gasteiger partial charge in [0.1, 0.15) is 19.3 Å². The summed E-state index contributed by atoms with van der Waals surface area (Å²) in [4.78, 5) is 72.5. The summed E-state index contributed by atoms with van der Waals surface area (Å²) in [6.45, 7) is 14.0. The first-order valence-corrected chi connectivity index (χ1v) is 38.7. The normalized spacial score (nSPS) is 14.6. The fourth-order valence-electron chi connectivity index (χ4n) is 10.3. The van der Waals surface area contributed by atoms with Crippen molar-refractivity contribution in [3.8, 4) is 0 Å². The first-order valence-electron chi connectivity index (χ1n) is 35.7. The zero-order chi connectivity index (χ0) is 65.4. The van der Waals surface area contributed by atoms with Crippen LogP contribution in [0.4, 0.5) is 0 Å². The number of hydrogen-bond donors (Lipinski definition) is 3. The predicted molar refractivity (Wildman–Crippen MR) is 354 cm³/mol. The van der Waals surface area contributed by atoms with Crippen LogP contribution in [0.5, 0.6) is 0 Å². The third kappa shape index (κ3) is 61.6. The van der Waals surface area contributed by atoms with Gasteiger partial charge in [-0.05, 0) is 49.4 Å². The smallest absolute Gasteiger partial charge is 0.462 e. The summed E-state index contributed by atoms with van der Waals surface area (Å²) < 4.78 is 68.2. The molecule has 17 nitrogen and oxygen atoms in total. The molecule has 0 aliphatic rings. The number of carbonyl (C=O) groups is 4. The van der Waals surface area contributed by atoms with Crippen LogP contribution in [-0.4, -0.2) is 96.7 Å². The second-order valence-corrected chi connectivity index (χ2v) is 29.5. The number of unbranched alkanes of at least 4 members (excludes halogenated alkanes) is 31. The lowest BCUT2D eigenvalue weighted by molar-refractivity contribution is -0.161. The summed E-state index contributed by atoms with van der Waals surface area (Å²) >= 11 is 0. The lowest BCUT2D eigenvalue weighted by atomic mass is 9.99. The molecule has 0 radical (unpaired) electrons. The summed E-state index contributed by atoms with van der Waals surface area (Å²) in [5, 5.41) is 10.6. The van der Waals surface area contributed by atoms with E-state index in [-0.39, 0.29) is 25.7 Å². The number of carbonyl (C=O) groups excluding carboxylic acids is 4. The maximum Gasteiger partial charge on any atom is 0.472 e. The van der Waals surface area contributed by atoms with E-state index in [0.717, 1.165) is 114 Å². The average molecular weight is 1300 g/mol. The monoisotopic (exact) mass is 1300 g/mol. The zero-order valence-corrected chi connectivity index (χ0v) is 59.1. The second-order valence-electron chi connectivity index (χ2n) is 26.6. The van der Waals surface area contributed by atoms with Crippen LogP contribution in [0.1, 0.15) is 338 Å². The molecule has 6 atom stereocenters. The quantitative estimate of drug-likeness (QED) is 0.0222. The molecule has 0 aromatic heterocycles. The largest absolute Gasteiger partial charge is 0.472 e. The molecular formula is C69H134O17P2. The van der Waals surface area contributed by atoms with Crippen LogP contribution in [0.3, 0.4) is 0 Å². The van der Waals surface area contributed by atoms with Gasteiger partial charge in [0, 0.05) is 25.7 Å². The van der Waals surface area contributed by atoms with Gasteiger partial charge in [-0.2, -0.15) is 0 Å². The van der Waals surface area contributed by atoms with Gasteiger partial charge >= 0.3 is 39.5 Å². The predicted octanol–water partition coefficient (Wildman–Crippen LogP) is 19.3. The van der Waals surface area contributed by atoms with Gasteiger partial charge in [-0.1, -0.05) is 287 Å². The van der Waals surface area contributed by atoms with Crippen molar-refractivity contribution in [1.29, 1.82) is 0 Å². The minimum Gasteiger partial charge on any atom is -0.462 e. The Labute approximate surface area is 537 Å². The van der Waals surface area contributed by atoms with Crippen molar-refractivity contribution in [3.05, 3.63) is 0 Å². The zero-order valence-electron chi connectivity index (χ0n) is 57.3. The highest BCUT2D eigenvalue weighted by Gasteiger charge is 2.30. The van der Waals surface area contributed by atoms with Gasteiger partial charge in [0.05, 0.1) is 26.4 Å². The average Bonchev–Trinajstić information content (AvgIpc) is 3.62. The number of rotatable bonds is 66. The minimum absolute atomic E-state index is 0.104. The maximum absolute atomic E-state index is 13.0. The fourth-order valence-corrected chi connectivity index (χ4v) is 11.9. The first-order chi connectivity index (χ1) is 42.1. The molecular weight excluding hydrogens is 1160 g/mol. The Balaban J connectivity index is 5.24. The van der Waals surface area contributed by atoms with Crippen LogP contribution < -0.4 is 0 Å². The maximum atomic E-state index is 13.0. The molecule has 88 heavy (non-hydrogen) atoms. The summed E-state index contributed by atoms with van der Waals surface area (Å²) in [5.41, 5.74) is 0. The molecule has 0 aromatic rings. The van der Waals surface area contributed by atoms with Crippen LogP contribution >= 0.6 is 15.6 Å². The lowest BCUT2D eigenvalue weighted by Gasteiger charge is -2.21. The van der Waals surface area contributed by atoms with Crippen molar-refractivity contribution in [3.63, 3.8) is 0 Å². The van der Waals surface area contributed by atoms with E-state index in [0.29, 0.717) is 31.6 Å². The lowest BCUT2D eigenvalue weighted by Crippen LogP contribution is -2.30. The van der Waals surface area contributed by atoms with Crippen molar-refractivity contribution in [2.45, 2.75) is 356 Å². The van der Waals surface area contributed by atoms with Crippen molar-refractivity contribution >= 4 is 39.5 Å². The van der Waals surface area contributed by atoms with Gasteiger partial charge in [0.25, 0.3) is 0 Å². The Morgan fingerprint density at radius 1 is 0.318 bits per heavy atom. The molecule has 0 spiro atoms. The Hall–Kier alpha value is -1.94. The number of phosphoric ester groups is 2. The van der Waals surface area contributed by atoms with Gasteiger partial charge in [-0.15, -0.1) is 0 Å². The van der Waals surface area contributed by atoms with E-state index in [9.17, 15) is 43.2 Å². The van der Waals surface area contributed by atoms with Crippen LogP contribution in [0.25, 0.3) is 0 Å². The number of aliphatic hydroxyl groups is 1. The minimum atomic E-state index is -4.95. The van der Waals surface area contributed by atoms with Crippen molar-refractivity contribution < 1.29 is 80.2 Å². The van der Waals surface area contributed by atoms with E-state index >= 15 is 0 Å². The van der Waals surface area contributed by atoms with E-state index in [4.69, 9.17) is 37.0 Å². The standard InChI is InChI=1S/C69H134O17P2/c1-9-62(8)48-40-32-23-16-13-14-18-25-35-43-51-68(73)85-65(56-80-67(72)50-42-34-28-27-31-39-47-61(6)7)58-84-88(77,78)82-54-63(70)53-81-87(75,76)83-57-64(86-69(74)52-44-36-26-20-19-22-30-38-46-60(4)5)55-79-66(71)49-41-33-24-17-12-10-11-15-21-29-37-45-59(2)3/h59-65,70H,9-58H2,1-8H3,(H,75,76)(H,77,78)/t62?,63-,64-,65-/m1/s1. The molecule has 0 saturated heterocycles. The van der Waals surface area contributed by atoms with E-state index in [1.165, 1.54) is 135 Å². The summed E-state index contributed by atoms with van der Waals surface area (Å²) in [5.74, 6) is 0.838. The highest BCUT2D eigenvalue weighted by molar-refractivity contribution is 7.47. The topological polar surface area (TPSA) is 237 Å². The molecule has 0 rings (SSSR count). The molecule has 0 amide bonds. The molecule has 0 fully saturated rings. The summed E-state index contributed by atoms with van der Waals surface area (Å²) in [6, 6.07) is 0. The molecule has 0 saturated carbocycles. The number of hydrogen-bond acceptors (Lipinski definition) is 15. The van der Waals surface area contributed by atoms with Crippen LogP contribution in [0.15, 0.2) is 0 Å². The van der Waals surface area contributed by atoms with Crippen molar-refractivity contribution in [1.82, 2.24) is 0 Å². The molecule has 0 aliphatic heterocycles. The molecule has 19 heteroatoms. The third-order valence-corrected chi connectivity index (χ3v) is 18.1. The first kappa shape index (κ1) is 86.1. The molecule has 3 unspecified atom stereocenters. The molecule has 0 heterocycles. The van der Waals surface area contributed by atoms with Gasteiger partial charge in [-0.3, -0.25) is 37.3 Å². The molecule has 3 N–H and O–H groups in total. The molecule has 0 bridgehead atoms. The Kier molecular flexibility index (Phi) is 57.6. The fraction of sp³-hybridized carbons (Fsp3) is 0.942. The van der Waals surface area contributed by atoms with E-state index < -0.39 is 97.5 Å². The van der Waals surface area contributed by atoms with Crippen LogP contribution in [0, 0.1) is 23.7 Å². The third-order valence-electron chi connectivity index (χ3n) is 16.2. The van der Waals surface area contributed by atoms with Gasteiger partial charge in [0.2, 0.25) is 0 Å². The summed E-state index contributed by atoms with van der Waals surface area (Å²) in [7, 11) is -9.90. The Morgan fingerprint density at radius 2 is 0.545 bits per heavy atom. The number of phosphoric acid groups is 2. The SMILES string of the molecule is CCC(C)CCCCCCCCCCCCC(=O)O[C@H](COC(=O)CCCCCCCCC(C)C)COP(=O)(O)OC[C@H](O)COP(=O)(O)OC[C@@H](COC(=O)CCCCCCCCCCCCCC(C)C)OC(=O)CCCCCCCCCCC(C)C. The number of aliphatic hydroxyl groups excluding tert-OH is 1. The molecule has 0 aromatic carbocycles. The van der Waals surface area contributed by atoms with Crippen molar-refractivity contribution in [2.24, 2.45) is 23.7 Å². The van der Waals surface area contributed by atoms with E-state index in [2.05, 4.69) is 55.4 Å². The molecule has 0 aliphatic carbocycles. The van der Waals surface area contributed by atoms with Gasteiger partial charge in [-0.25, -0.2) is 9.13 Å². The van der Waals surface area contributed by atoms with E-state index in [1.807, 2.05) is 0 Å². The van der Waals surface area contributed by atoms with Crippen LogP contribution in [-0.2, 0) is 65.4 Å². The Bertz CT molecular complexity index is 1750. The van der Waals surface area contributed by atoms with E-state index in [1.54, 1.807) is 0 Å². The second kappa shape index (κ2) is 58.8. The number of esters is 4. The molecule has 522 valence electrons. The van der Waals surface area contributed by atoms with Gasteiger partial charge in [0.15, 0.2) is 12.2 Å². The van der Waals surface area contributed by atoms with Gasteiger partial charge < -0.3 is 33.8 Å². The highest BCUT2D eigenvalue weighted by Crippen LogP contribution is 2.45. The Morgan fingerprint density at radius 3 is 0.807 bits per heavy atom. The number of ether oxygens (including phenoxy) is 4.